The molecule has 3 heterocycles. The van der Waals surface area contributed by atoms with Crippen LogP contribution in [0.1, 0.15) is 47.7 Å². The predicted octanol–water partition coefficient (Wildman–Crippen LogP) is 5.24. The lowest BCUT2D eigenvalue weighted by Crippen LogP contribution is -2.34. The van der Waals surface area contributed by atoms with Gasteiger partial charge in [0.05, 0.1) is 22.4 Å². The number of likely N-dealkylation sites (tertiary alicyclic amines) is 1. The Labute approximate surface area is 186 Å². The summed E-state index contributed by atoms with van der Waals surface area (Å²) in [5.41, 5.74) is 3.33. The van der Waals surface area contributed by atoms with Gasteiger partial charge in [0.1, 0.15) is 4.32 Å². The van der Waals surface area contributed by atoms with Crippen LogP contribution in [0, 0.1) is 6.92 Å². The maximum absolute atomic E-state index is 13.1. The fourth-order valence-electron chi connectivity index (χ4n) is 3.74. The summed E-state index contributed by atoms with van der Waals surface area (Å²) >= 11 is 8.72. The molecule has 7 heteroatoms. The third-order valence-electron chi connectivity index (χ3n) is 5.37. The van der Waals surface area contributed by atoms with Crippen LogP contribution in [0.15, 0.2) is 46.9 Å². The van der Waals surface area contributed by atoms with E-state index in [-0.39, 0.29) is 11.9 Å². The molecule has 0 aliphatic carbocycles. The van der Waals surface area contributed by atoms with Crippen molar-refractivity contribution in [1.29, 1.82) is 0 Å². The average Bonchev–Trinajstić information content (AvgIpc) is 3.43. The summed E-state index contributed by atoms with van der Waals surface area (Å²) < 4.78 is 0.839. The van der Waals surface area contributed by atoms with Gasteiger partial charge in [-0.05, 0) is 43.2 Å². The highest BCUT2D eigenvalue weighted by atomic mass is 32.2. The Kier molecular flexibility index (Phi) is 6.67. The zero-order valence-corrected chi connectivity index (χ0v) is 19.0. The number of piperidine rings is 1. The lowest BCUT2D eigenvalue weighted by Gasteiger charge is -2.29. The van der Waals surface area contributed by atoms with E-state index < -0.39 is 0 Å². The van der Waals surface area contributed by atoms with Gasteiger partial charge >= 0.3 is 0 Å². The van der Waals surface area contributed by atoms with Gasteiger partial charge in [-0.1, -0.05) is 59.9 Å². The van der Waals surface area contributed by atoms with E-state index in [4.69, 9.17) is 17.3 Å². The number of thiophene rings is 1. The first-order chi connectivity index (χ1) is 14.1. The largest absolute Gasteiger partial charge is 0.358 e. The van der Waals surface area contributed by atoms with E-state index in [0.717, 1.165) is 40.0 Å². The number of thiocarbonyl (C=S) groups is 1. The standard InChI is InChI=1S/C22H25N3OS3/c1-16-7-9-17(10-8-16)19-14-18(20-6-5-13-28-20)23-25(19)21(26)15-29-22(27)24-11-3-2-4-12-24/h5-10,13,19H,2-4,11-12,14-15H2,1H3. The number of carbonyl (C=O) groups is 1. The molecule has 1 aromatic carbocycles. The number of hydrazone groups is 1. The van der Waals surface area contributed by atoms with Crippen molar-refractivity contribution in [3.63, 3.8) is 0 Å². The fraction of sp³-hybridized carbons (Fsp3) is 0.409. The summed E-state index contributed by atoms with van der Waals surface area (Å²) in [6, 6.07) is 12.5. The van der Waals surface area contributed by atoms with Gasteiger partial charge in [0, 0.05) is 19.5 Å². The summed E-state index contributed by atoms with van der Waals surface area (Å²) in [5.74, 6) is 0.352. The summed E-state index contributed by atoms with van der Waals surface area (Å²) in [6.45, 7) is 4.10. The van der Waals surface area contributed by atoms with Gasteiger partial charge in [-0.25, -0.2) is 5.01 Å². The SMILES string of the molecule is Cc1ccc(C2CC(c3cccs3)=NN2C(=O)CSC(=S)N2CCCCC2)cc1. The zero-order valence-electron chi connectivity index (χ0n) is 16.5. The lowest BCUT2D eigenvalue weighted by atomic mass is 10.00. The van der Waals surface area contributed by atoms with Crippen molar-refractivity contribution in [3.05, 3.63) is 57.8 Å². The molecule has 0 radical (unpaired) electrons. The van der Waals surface area contributed by atoms with E-state index >= 15 is 0 Å². The molecular formula is C22H25N3OS3. The van der Waals surface area contributed by atoms with Crippen LogP contribution in [0.25, 0.3) is 0 Å². The van der Waals surface area contributed by atoms with Gasteiger partial charge < -0.3 is 4.90 Å². The number of hydrogen-bond donors (Lipinski definition) is 0. The van der Waals surface area contributed by atoms with Gasteiger partial charge in [-0.3, -0.25) is 4.79 Å². The normalized spacial score (nSPS) is 19.3. The van der Waals surface area contributed by atoms with Crippen LogP contribution in [0.4, 0.5) is 0 Å². The minimum atomic E-state index is -0.0515. The monoisotopic (exact) mass is 443 g/mol. The molecule has 29 heavy (non-hydrogen) atoms. The Morgan fingerprint density at radius 2 is 1.97 bits per heavy atom. The molecule has 2 aromatic rings. The van der Waals surface area contributed by atoms with Gasteiger partial charge in [0.25, 0.3) is 5.91 Å². The molecule has 1 fully saturated rings. The average molecular weight is 444 g/mol. The topological polar surface area (TPSA) is 35.9 Å². The minimum Gasteiger partial charge on any atom is -0.358 e. The molecule has 152 valence electrons. The van der Waals surface area contributed by atoms with E-state index in [9.17, 15) is 4.79 Å². The molecule has 1 aromatic heterocycles. The highest BCUT2D eigenvalue weighted by Crippen LogP contribution is 2.34. The second kappa shape index (κ2) is 9.41. The number of rotatable bonds is 4. The summed E-state index contributed by atoms with van der Waals surface area (Å²) in [4.78, 5) is 16.5. The van der Waals surface area contributed by atoms with Crippen molar-refractivity contribution in [3.8, 4) is 0 Å². The first kappa shape index (κ1) is 20.6. The second-order valence-electron chi connectivity index (χ2n) is 7.50. The summed E-state index contributed by atoms with van der Waals surface area (Å²) in [6.07, 6.45) is 4.39. The predicted molar refractivity (Wildman–Crippen MR) is 127 cm³/mol. The van der Waals surface area contributed by atoms with Gasteiger partial charge in [0.2, 0.25) is 0 Å². The Morgan fingerprint density at radius 3 is 2.66 bits per heavy atom. The molecule has 1 unspecified atom stereocenters. The van der Waals surface area contributed by atoms with Gasteiger partial charge in [-0.2, -0.15) is 5.10 Å². The Bertz CT molecular complexity index is 887. The molecule has 4 nitrogen and oxygen atoms in total. The first-order valence-electron chi connectivity index (χ1n) is 10.0. The number of aryl methyl sites for hydroxylation is 1. The van der Waals surface area contributed by atoms with Crippen molar-refractivity contribution in [1.82, 2.24) is 9.91 Å². The molecule has 0 N–H and O–H groups in total. The number of benzene rings is 1. The van der Waals surface area contributed by atoms with Crippen LogP contribution in [0.2, 0.25) is 0 Å². The number of hydrogen-bond acceptors (Lipinski definition) is 5. The highest BCUT2D eigenvalue weighted by molar-refractivity contribution is 8.23. The summed E-state index contributed by atoms with van der Waals surface area (Å²) in [5, 5.41) is 8.48. The van der Waals surface area contributed by atoms with Crippen molar-refractivity contribution in [2.45, 2.75) is 38.6 Å². The maximum atomic E-state index is 13.1. The molecule has 1 amide bonds. The Balaban J connectivity index is 1.48. The van der Waals surface area contributed by atoms with Crippen molar-refractivity contribution in [2.24, 2.45) is 5.10 Å². The number of carbonyl (C=O) groups excluding carboxylic acids is 1. The third-order valence-corrected chi connectivity index (χ3v) is 7.79. The van der Waals surface area contributed by atoms with Crippen LogP contribution in [0.3, 0.4) is 0 Å². The van der Waals surface area contributed by atoms with Crippen molar-refractivity contribution < 1.29 is 4.79 Å². The molecule has 0 saturated carbocycles. The molecular weight excluding hydrogens is 418 g/mol. The molecule has 0 bridgehead atoms. The molecule has 1 atom stereocenters. The maximum Gasteiger partial charge on any atom is 0.253 e. The van der Waals surface area contributed by atoms with E-state index in [0.29, 0.717) is 5.75 Å². The lowest BCUT2D eigenvalue weighted by molar-refractivity contribution is -0.130. The third kappa shape index (κ3) is 4.90. The Hall–Kier alpha value is -1.70. The zero-order chi connectivity index (χ0) is 20.2. The van der Waals surface area contributed by atoms with Crippen molar-refractivity contribution in [2.75, 3.05) is 18.8 Å². The smallest absolute Gasteiger partial charge is 0.253 e. The van der Waals surface area contributed by atoms with E-state index in [2.05, 4.69) is 47.5 Å². The fourth-order valence-corrected chi connectivity index (χ4v) is 5.56. The van der Waals surface area contributed by atoms with E-state index in [1.807, 2.05) is 6.07 Å². The molecule has 4 rings (SSSR count). The number of amides is 1. The van der Waals surface area contributed by atoms with Crippen LogP contribution in [-0.2, 0) is 4.79 Å². The van der Waals surface area contributed by atoms with Gasteiger partial charge in [-0.15, -0.1) is 11.3 Å². The van der Waals surface area contributed by atoms with Crippen LogP contribution >= 0.6 is 35.3 Å². The van der Waals surface area contributed by atoms with Crippen LogP contribution in [0.5, 0.6) is 0 Å². The molecule has 0 spiro atoms. The highest BCUT2D eigenvalue weighted by Gasteiger charge is 2.33. The molecule has 2 aliphatic heterocycles. The quantitative estimate of drug-likeness (QED) is 0.606. The first-order valence-corrected chi connectivity index (χ1v) is 12.3. The second-order valence-corrected chi connectivity index (χ2v) is 10.1. The molecule has 2 aliphatic rings. The Morgan fingerprint density at radius 1 is 1.21 bits per heavy atom. The van der Waals surface area contributed by atoms with E-state index in [1.54, 1.807) is 16.3 Å². The minimum absolute atomic E-state index is 0.0199. The number of nitrogens with zero attached hydrogens (tertiary/aromatic N) is 3. The van der Waals surface area contributed by atoms with Crippen LogP contribution < -0.4 is 0 Å². The molecule has 1 saturated heterocycles. The van der Waals surface area contributed by atoms with Crippen LogP contribution in [-0.4, -0.2) is 44.7 Å². The van der Waals surface area contributed by atoms with Crippen molar-refractivity contribution >= 4 is 51.3 Å². The number of thioether (sulfide) groups is 1. The summed E-state index contributed by atoms with van der Waals surface area (Å²) in [7, 11) is 0. The van der Waals surface area contributed by atoms with Gasteiger partial charge in [0.15, 0.2) is 0 Å². The van der Waals surface area contributed by atoms with E-state index in [1.165, 1.54) is 36.6 Å².